The second-order valence-corrected chi connectivity index (χ2v) is 15.8. The zero-order valence-electron chi connectivity index (χ0n) is 24.6. The molecule has 0 amide bonds. The number of hydrogen-bond donors (Lipinski definition) is 3. The molecule has 4 N–H and O–H groups in total. The van der Waals surface area contributed by atoms with E-state index >= 15 is 0 Å². The number of nitrogens with zero attached hydrogens (tertiary/aromatic N) is 1. The van der Waals surface area contributed by atoms with Crippen molar-refractivity contribution in [2.24, 2.45) is 5.14 Å². The van der Waals surface area contributed by atoms with E-state index < -0.39 is 56.4 Å². The zero-order valence-corrected chi connectivity index (χ0v) is 26.2. The number of rotatable bonds is 10. The number of alkyl halides is 2. The SMILES string of the molecule is NS(=O)(=O)c1cccc(OC[C@@H](O)CNC2COC3(CCN(S(=O)(=O)c4ccc5ccccc5c4)CC3)C2)c1C1CC(F)(F)C1. The normalized spacial score (nSPS) is 22.8. The van der Waals surface area contributed by atoms with Crippen LogP contribution in [0.1, 0.15) is 43.6 Å². The molecule has 2 heterocycles. The first kappa shape index (κ1) is 32.2. The molecular formula is C31H37F2N3O7S2. The van der Waals surface area contributed by atoms with Gasteiger partial charge in [-0.05, 0) is 54.3 Å². The van der Waals surface area contributed by atoms with Crippen LogP contribution in [-0.4, -0.2) is 82.8 Å². The van der Waals surface area contributed by atoms with Gasteiger partial charge in [0.25, 0.3) is 0 Å². The summed E-state index contributed by atoms with van der Waals surface area (Å²) in [6, 6.07) is 16.9. The Labute approximate surface area is 261 Å². The summed E-state index contributed by atoms with van der Waals surface area (Å²) in [7, 11) is -7.82. The van der Waals surface area contributed by atoms with Gasteiger partial charge in [-0.2, -0.15) is 4.31 Å². The lowest BCUT2D eigenvalue weighted by atomic mass is 9.76. The summed E-state index contributed by atoms with van der Waals surface area (Å²) in [5, 5.41) is 21.1. The van der Waals surface area contributed by atoms with E-state index in [0.29, 0.717) is 39.0 Å². The lowest BCUT2D eigenvalue weighted by molar-refractivity contribution is -0.0877. The molecule has 3 fully saturated rings. The van der Waals surface area contributed by atoms with Gasteiger partial charge in [0.1, 0.15) is 18.5 Å². The van der Waals surface area contributed by atoms with Crippen LogP contribution < -0.4 is 15.2 Å². The second kappa shape index (κ2) is 12.1. The predicted octanol–water partition coefficient (Wildman–Crippen LogP) is 3.34. The van der Waals surface area contributed by atoms with E-state index in [1.807, 2.05) is 30.3 Å². The van der Waals surface area contributed by atoms with E-state index in [2.05, 4.69) is 5.32 Å². The van der Waals surface area contributed by atoms with Crippen LogP contribution in [0.15, 0.2) is 70.5 Å². The van der Waals surface area contributed by atoms with E-state index in [0.717, 1.165) is 10.8 Å². The minimum atomic E-state index is -4.17. The Morgan fingerprint density at radius 2 is 1.71 bits per heavy atom. The van der Waals surface area contributed by atoms with Crippen molar-refractivity contribution >= 4 is 30.8 Å². The van der Waals surface area contributed by atoms with Crippen molar-refractivity contribution in [1.29, 1.82) is 0 Å². The number of nitrogens with two attached hydrogens (primary N) is 1. The number of aliphatic hydroxyl groups is 1. The van der Waals surface area contributed by atoms with Gasteiger partial charge < -0.3 is 19.9 Å². The highest BCUT2D eigenvalue weighted by atomic mass is 32.2. The van der Waals surface area contributed by atoms with Gasteiger partial charge in [0.05, 0.1) is 22.0 Å². The van der Waals surface area contributed by atoms with E-state index in [1.165, 1.54) is 22.5 Å². The molecule has 0 bridgehead atoms. The third-order valence-corrected chi connectivity index (χ3v) is 12.0. The van der Waals surface area contributed by atoms with Crippen LogP contribution in [0, 0.1) is 0 Å². The highest BCUT2D eigenvalue weighted by Crippen LogP contribution is 2.52. The number of benzene rings is 3. The number of primary sulfonamides is 1. The number of ether oxygens (including phenoxy) is 2. The number of fused-ring (bicyclic) bond motifs is 1. The van der Waals surface area contributed by atoms with Gasteiger partial charge in [-0.3, -0.25) is 0 Å². The minimum absolute atomic E-state index is 0.0678. The lowest BCUT2D eigenvalue weighted by Crippen LogP contribution is -2.47. The molecule has 10 nitrogen and oxygen atoms in total. The summed E-state index contributed by atoms with van der Waals surface area (Å²) in [6.45, 7) is 1.04. The van der Waals surface area contributed by atoms with E-state index in [4.69, 9.17) is 14.6 Å². The summed E-state index contributed by atoms with van der Waals surface area (Å²) < 4.78 is 91.7. The van der Waals surface area contributed by atoms with Crippen LogP contribution in [0.2, 0.25) is 0 Å². The molecule has 45 heavy (non-hydrogen) atoms. The maximum atomic E-state index is 13.6. The number of halogens is 2. The van der Waals surface area contributed by atoms with Crippen molar-refractivity contribution in [1.82, 2.24) is 9.62 Å². The molecule has 3 aromatic rings. The fraction of sp³-hybridized carbons (Fsp3) is 0.484. The summed E-state index contributed by atoms with van der Waals surface area (Å²) in [5.41, 5.74) is -0.339. The van der Waals surface area contributed by atoms with Gasteiger partial charge in [-0.25, -0.2) is 30.8 Å². The maximum Gasteiger partial charge on any atom is 0.249 e. The second-order valence-electron chi connectivity index (χ2n) is 12.4. The summed E-state index contributed by atoms with van der Waals surface area (Å²) in [6.07, 6.45) is -0.238. The van der Waals surface area contributed by atoms with Gasteiger partial charge in [0, 0.05) is 50.0 Å². The van der Waals surface area contributed by atoms with Crippen LogP contribution in [0.4, 0.5) is 8.78 Å². The Bertz CT molecular complexity index is 1770. The highest BCUT2D eigenvalue weighted by Gasteiger charge is 2.48. The molecule has 3 aromatic carbocycles. The molecule has 3 aliphatic rings. The van der Waals surface area contributed by atoms with Gasteiger partial charge in [-0.1, -0.05) is 36.4 Å². The molecule has 2 aliphatic heterocycles. The van der Waals surface area contributed by atoms with Gasteiger partial charge in [0.2, 0.25) is 26.0 Å². The molecular weight excluding hydrogens is 628 g/mol. The van der Waals surface area contributed by atoms with Crippen molar-refractivity contribution in [3.05, 3.63) is 66.2 Å². The third kappa shape index (κ3) is 6.87. The molecule has 1 spiro atoms. The Kier molecular flexibility index (Phi) is 8.69. The van der Waals surface area contributed by atoms with Gasteiger partial charge in [-0.15, -0.1) is 0 Å². The molecule has 2 saturated heterocycles. The van der Waals surface area contributed by atoms with Crippen LogP contribution >= 0.6 is 0 Å². The minimum Gasteiger partial charge on any atom is -0.491 e. The standard InChI is InChI=1S/C31H37F2N3O7S2/c32-31(33)15-23(16-31)29-27(6-3-7-28(29)44(34,38)39)42-20-25(37)18-35-24-17-30(43-19-24)10-12-36(13-11-30)45(40,41)26-9-8-21-4-1-2-5-22(21)14-26/h1-9,14,23-25,35,37H,10-13,15-20H2,(H2,34,38,39)/t24?,25-/m0/s1. The van der Waals surface area contributed by atoms with E-state index in [1.54, 1.807) is 12.1 Å². The quantitative estimate of drug-likeness (QED) is 0.299. The van der Waals surface area contributed by atoms with Crippen LogP contribution in [0.3, 0.4) is 0 Å². The van der Waals surface area contributed by atoms with Crippen LogP contribution in [0.25, 0.3) is 10.8 Å². The Hall–Kier alpha value is -2.72. The molecule has 1 aliphatic carbocycles. The van der Waals surface area contributed by atoms with Crippen molar-refractivity contribution in [3.8, 4) is 5.75 Å². The molecule has 1 saturated carbocycles. The van der Waals surface area contributed by atoms with Gasteiger partial charge >= 0.3 is 0 Å². The molecule has 0 aromatic heterocycles. The number of piperidine rings is 1. The number of aliphatic hydroxyl groups excluding tert-OH is 1. The van der Waals surface area contributed by atoms with Crippen molar-refractivity contribution in [2.45, 2.75) is 71.5 Å². The average molecular weight is 666 g/mol. The van der Waals surface area contributed by atoms with Crippen molar-refractivity contribution < 1.29 is 40.2 Å². The van der Waals surface area contributed by atoms with Crippen molar-refractivity contribution in [2.75, 3.05) is 32.8 Å². The molecule has 1 unspecified atom stereocenters. The highest BCUT2D eigenvalue weighted by molar-refractivity contribution is 7.89. The Balaban J connectivity index is 1.00. The summed E-state index contributed by atoms with van der Waals surface area (Å²) >= 11 is 0. The molecule has 0 radical (unpaired) electrons. The third-order valence-electron chi connectivity index (χ3n) is 9.11. The number of sulfonamides is 2. The average Bonchev–Trinajstić information content (AvgIpc) is 3.38. The Morgan fingerprint density at radius 1 is 1.00 bits per heavy atom. The first-order chi connectivity index (χ1) is 21.2. The zero-order chi connectivity index (χ0) is 32.0. The molecule has 6 rings (SSSR count). The fourth-order valence-corrected chi connectivity index (χ4v) is 8.97. The largest absolute Gasteiger partial charge is 0.491 e. The van der Waals surface area contributed by atoms with Gasteiger partial charge in [0.15, 0.2) is 0 Å². The number of nitrogens with one attached hydrogen (secondary N) is 1. The maximum absolute atomic E-state index is 13.6. The Morgan fingerprint density at radius 3 is 2.40 bits per heavy atom. The van der Waals surface area contributed by atoms with E-state index in [9.17, 15) is 30.7 Å². The smallest absolute Gasteiger partial charge is 0.249 e. The monoisotopic (exact) mass is 665 g/mol. The molecule has 2 atom stereocenters. The first-order valence-electron chi connectivity index (χ1n) is 15.0. The predicted molar refractivity (Wildman–Crippen MR) is 163 cm³/mol. The van der Waals surface area contributed by atoms with Crippen LogP contribution in [0.5, 0.6) is 5.75 Å². The van der Waals surface area contributed by atoms with Crippen molar-refractivity contribution in [3.63, 3.8) is 0 Å². The van der Waals surface area contributed by atoms with E-state index in [-0.39, 0.29) is 40.3 Å². The molecule has 14 heteroatoms. The fourth-order valence-electron chi connectivity index (χ4n) is 6.65. The summed E-state index contributed by atoms with van der Waals surface area (Å²) in [4.78, 5) is 0.0204. The molecule has 244 valence electrons. The topological polar surface area (TPSA) is 148 Å². The number of hydrogen-bond acceptors (Lipinski definition) is 8. The first-order valence-corrected chi connectivity index (χ1v) is 17.9. The summed E-state index contributed by atoms with van der Waals surface area (Å²) in [5.74, 6) is -3.49. The lowest BCUT2D eigenvalue weighted by Gasteiger charge is -2.38. The van der Waals surface area contributed by atoms with Crippen LogP contribution in [-0.2, 0) is 24.8 Å².